The van der Waals surface area contributed by atoms with Gasteiger partial charge in [0.2, 0.25) is 12.0 Å². The smallest absolute Gasteiger partial charge is 0.211 e. The molecule has 92 valence electrons. The van der Waals surface area contributed by atoms with Crippen molar-refractivity contribution in [1.29, 1.82) is 0 Å². The Hall–Kier alpha value is -0.940. The molecule has 1 heterocycles. The van der Waals surface area contributed by atoms with Gasteiger partial charge < -0.3 is 0 Å². The molecule has 0 saturated heterocycles. The molecule has 0 bridgehead atoms. The Bertz CT molecular complexity index is 463. The Morgan fingerprint density at radius 1 is 1.53 bits per heavy atom. The van der Waals surface area contributed by atoms with Crippen molar-refractivity contribution in [1.82, 2.24) is 0 Å². The van der Waals surface area contributed by atoms with Crippen molar-refractivity contribution in [2.24, 2.45) is 4.99 Å². The van der Waals surface area contributed by atoms with E-state index in [4.69, 9.17) is 0 Å². The number of nitrogens with zero attached hydrogens (tertiary/aromatic N) is 2. The summed E-state index contributed by atoms with van der Waals surface area (Å²) in [6.45, 7) is 3.25. The predicted molar refractivity (Wildman–Crippen MR) is 67.4 cm³/mol. The van der Waals surface area contributed by atoms with E-state index >= 15 is 0 Å². The number of alkyl halides is 1. The van der Waals surface area contributed by atoms with E-state index in [1.165, 1.54) is 31.0 Å². The fraction of sp³-hybridized carbons (Fsp3) is 0.417. The molecule has 2 aliphatic rings. The largest absolute Gasteiger partial charge is 0.232 e. The Morgan fingerprint density at radius 3 is 2.71 bits per heavy atom. The second kappa shape index (κ2) is 4.07. The Labute approximate surface area is 104 Å². The molecule has 0 aromatic rings. The third-order valence-electron chi connectivity index (χ3n) is 3.12. The lowest BCUT2D eigenvalue weighted by molar-refractivity contribution is -0.605. The van der Waals surface area contributed by atoms with Crippen LogP contribution in [0, 0.1) is 0 Å². The van der Waals surface area contributed by atoms with Gasteiger partial charge in [-0.3, -0.25) is 0 Å². The fourth-order valence-corrected chi connectivity index (χ4v) is 3.19. The summed E-state index contributed by atoms with van der Waals surface area (Å²) < 4.78 is 28.6. The van der Waals surface area contributed by atoms with Crippen molar-refractivity contribution >= 4 is 18.3 Å². The molecule has 17 heavy (non-hydrogen) atoms. The maximum Gasteiger partial charge on any atom is 0.211 e. The van der Waals surface area contributed by atoms with E-state index in [9.17, 15) is 8.78 Å². The van der Waals surface area contributed by atoms with Crippen molar-refractivity contribution < 1.29 is 12.7 Å². The minimum atomic E-state index is -1.69. The molecule has 1 aliphatic heterocycles. The van der Waals surface area contributed by atoms with Gasteiger partial charge in [0.25, 0.3) is 0 Å². The second-order valence-electron chi connectivity index (χ2n) is 4.38. The third kappa shape index (κ3) is 1.77. The normalized spacial score (nSPS) is 36.6. The summed E-state index contributed by atoms with van der Waals surface area (Å²) >= 11 is 1.35. The van der Waals surface area contributed by atoms with Crippen LogP contribution in [-0.4, -0.2) is 22.2 Å². The quantitative estimate of drug-likeness (QED) is 0.540. The number of rotatable bonds is 2. The molecule has 0 aromatic heterocycles. The Kier molecular flexibility index (Phi) is 2.99. The lowest BCUT2D eigenvalue weighted by Crippen LogP contribution is -2.44. The van der Waals surface area contributed by atoms with Crippen LogP contribution in [0.4, 0.5) is 8.78 Å². The van der Waals surface area contributed by atoms with Gasteiger partial charge in [-0.25, -0.2) is 13.8 Å². The molecule has 2 unspecified atom stereocenters. The van der Waals surface area contributed by atoms with Crippen LogP contribution in [0.5, 0.6) is 0 Å². The van der Waals surface area contributed by atoms with Crippen LogP contribution in [0.25, 0.3) is 0 Å². The molecule has 0 aromatic carbocycles. The molecular formula is C12H15F2N2S+. The highest BCUT2D eigenvalue weighted by molar-refractivity contribution is 7.93. The highest BCUT2D eigenvalue weighted by Crippen LogP contribution is 2.47. The standard InChI is InChI=1S/C12H15F2N2S/c1-9-7-15-8-16(9,17-3)11-10(13)5-4-6-12(11,2)14/h4-5,7-8H,6H2,1-3H3/q+1. The number of halogens is 2. The first-order valence-corrected chi connectivity index (χ1v) is 6.54. The van der Waals surface area contributed by atoms with Crippen LogP contribution in [0.1, 0.15) is 20.3 Å². The van der Waals surface area contributed by atoms with Gasteiger partial charge in [-0.05, 0) is 13.0 Å². The minimum absolute atomic E-state index is 0.0107. The van der Waals surface area contributed by atoms with E-state index in [0.29, 0.717) is 0 Å². The molecule has 0 radical (unpaired) electrons. The summed E-state index contributed by atoms with van der Waals surface area (Å²) in [5, 5.41) is 0. The van der Waals surface area contributed by atoms with Gasteiger partial charge >= 0.3 is 0 Å². The molecule has 2 rings (SSSR count). The molecule has 5 heteroatoms. The molecule has 0 saturated carbocycles. The van der Waals surface area contributed by atoms with Crippen LogP contribution >= 0.6 is 11.9 Å². The van der Waals surface area contributed by atoms with Gasteiger partial charge in [-0.2, -0.15) is 3.89 Å². The highest BCUT2D eigenvalue weighted by Gasteiger charge is 2.51. The summed E-state index contributed by atoms with van der Waals surface area (Å²) in [5.41, 5.74) is -0.753. The second-order valence-corrected chi connectivity index (χ2v) is 5.32. The van der Waals surface area contributed by atoms with Gasteiger partial charge in [-0.1, -0.05) is 6.08 Å². The lowest BCUT2D eigenvalue weighted by atomic mass is 9.93. The minimum Gasteiger partial charge on any atom is -0.232 e. The van der Waals surface area contributed by atoms with E-state index < -0.39 is 11.5 Å². The summed E-state index contributed by atoms with van der Waals surface area (Å²) in [6.07, 6.45) is 8.10. The van der Waals surface area contributed by atoms with E-state index in [1.807, 2.05) is 13.2 Å². The first-order valence-electron chi connectivity index (χ1n) is 5.36. The van der Waals surface area contributed by atoms with Crippen molar-refractivity contribution in [2.45, 2.75) is 25.9 Å². The number of hydrogen-bond acceptors (Lipinski definition) is 2. The van der Waals surface area contributed by atoms with Crippen molar-refractivity contribution in [3.05, 3.63) is 35.6 Å². The predicted octanol–water partition coefficient (Wildman–Crippen LogP) is 3.85. The van der Waals surface area contributed by atoms with Crippen LogP contribution in [0.15, 0.2) is 40.6 Å². The molecule has 0 N–H and O–H groups in total. The van der Waals surface area contributed by atoms with E-state index in [-0.39, 0.29) is 16.0 Å². The summed E-state index contributed by atoms with van der Waals surface area (Å²) in [4.78, 5) is 4.04. The number of quaternary nitrogens is 1. The fourth-order valence-electron chi connectivity index (χ4n) is 2.24. The van der Waals surface area contributed by atoms with Gasteiger partial charge in [0.15, 0.2) is 11.5 Å². The molecular weight excluding hydrogens is 242 g/mol. The van der Waals surface area contributed by atoms with Gasteiger partial charge in [0.05, 0.1) is 18.1 Å². The van der Waals surface area contributed by atoms with Crippen LogP contribution < -0.4 is 0 Å². The Balaban J connectivity index is 2.62. The number of allylic oxidation sites excluding steroid dienone is 5. The molecule has 0 spiro atoms. The maximum atomic E-state index is 14.6. The van der Waals surface area contributed by atoms with E-state index in [0.717, 1.165) is 5.70 Å². The van der Waals surface area contributed by atoms with Crippen molar-refractivity contribution in [3.63, 3.8) is 0 Å². The molecule has 2 atom stereocenters. The Morgan fingerprint density at radius 2 is 2.24 bits per heavy atom. The van der Waals surface area contributed by atoms with Crippen molar-refractivity contribution in [3.8, 4) is 0 Å². The summed E-state index contributed by atoms with van der Waals surface area (Å²) in [5.74, 6) is -0.503. The molecule has 0 fully saturated rings. The topological polar surface area (TPSA) is 12.4 Å². The van der Waals surface area contributed by atoms with Gasteiger partial charge in [-0.15, -0.1) is 0 Å². The average molecular weight is 257 g/mol. The van der Waals surface area contributed by atoms with Crippen molar-refractivity contribution in [2.75, 3.05) is 6.26 Å². The monoisotopic (exact) mass is 257 g/mol. The SMILES string of the molecule is CS[N+]1(C2=C(F)C=CCC2(C)F)C=NC=C1C. The zero-order chi connectivity index (χ0) is 12.7. The average Bonchev–Trinajstić information content (AvgIpc) is 2.59. The third-order valence-corrected chi connectivity index (χ3v) is 4.26. The zero-order valence-electron chi connectivity index (χ0n) is 10.1. The van der Waals surface area contributed by atoms with Crippen LogP contribution in [0.3, 0.4) is 0 Å². The molecule has 1 aliphatic carbocycles. The molecule has 0 amide bonds. The zero-order valence-corrected chi connectivity index (χ0v) is 10.9. The lowest BCUT2D eigenvalue weighted by Gasteiger charge is -2.36. The summed E-state index contributed by atoms with van der Waals surface area (Å²) in [6, 6.07) is 0. The number of hydrogen-bond donors (Lipinski definition) is 0. The van der Waals surface area contributed by atoms with Gasteiger partial charge in [0.1, 0.15) is 5.70 Å². The number of aliphatic imine (C=N–C) groups is 1. The first-order chi connectivity index (χ1) is 7.94. The highest BCUT2D eigenvalue weighted by atomic mass is 32.2. The van der Waals surface area contributed by atoms with E-state index in [2.05, 4.69) is 4.99 Å². The van der Waals surface area contributed by atoms with Crippen LogP contribution in [-0.2, 0) is 0 Å². The first kappa shape index (κ1) is 12.5. The van der Waals surface area contributed by atoms with E-state index in [1.54, 1.807) is 12.5 Å². The van der Waals surface area contributed by atoms with Crippen LogP contribution in [0.2, 0.25) is 0 Å². The maximum absolute atomic E-state index is 14.6. The van der Waals surface area contributed by atoms with Gasteiger partial charge in [0, 0.05) is 19.6 Å². The summed E-state index contributed by atoms with van der Waals surface area (Å²) in [7, 11) is 0. The molecule has 2 nitrogen and oxygen atoms in total.